The number of benzene rings is 3. The van der Waals surface area contributed by atoms with Crippen LogP contribution in [-0.2, 0) is 25.7 Å². The number of aromatic nitrogens is 2. The summed E-state index contributed by atoms with van der Waals surface area (Å²) < 4.78 is 19.2. The second-order valence-corrected chi connectivity index (χ2v) is 14.3. The SMILES string of the molecule is COc1cc2ncnc(Nc3ccc(F)c(Cl)c3)c2cc1NC(=O)/C=C/CN1CCN(C(=O)CCCNc2cccc3c2CN(C2CCC(=O)NC2=O)C3=O)CC1. The second-order valence-electron chi connectivity index (χ2n) is 13.9. The predicted molar refractivity (Wildman–Crippen MR) is 212 cm³/mol. The number of nitrogens with zero attached hydrogens (tertiary/aromatic N) is 5. The highest BCUT2D eigenvalue weighted by molar-refractivity contribution is 6.31. The molecule has 296 valence electrons. The molecule has 3 aliphatic rings. The molecule has 0 radical (unpaired) electrons. The Morgan fingerprint density at radius 1 is 1.05 bits per heavy atom. The van der Waals surface area contributed by atoms with E-state index in [0.717, 1.165) is 11.3 Å². The van der Waals surface area contributed by atoms with Crippen molar-refractivity contribution in [3.05, 3.63) is 89.0 Å². The van der Waals surface area contributed by atoms with Crippen LogP contribution in [0, 0.1) is 5.82 Å². The smallest absolute Gasteiger partial charge is 0.255 e. The molecule has 2 saturated heterocycles. The van der Waals surface area contributed by atoms with Gasteiger partial charge in [0, 0.05) is 98.7 Å². The minimum Gasteiger partial charge on any atom is -0.494 e. The first kappa shape index (κ1) is 39.1. The molecule has 57 heavy (non-hydrogen) atoms. The Bertz CT molecular complexity index is 2260. The minimum absolute atomic E-state index is 0.0341. The molecule has 3 aromatic carbocycles. The average molecular weight is 798 g/mol. The van der Waals surface area contributed by atoms with Gasteiger partial charge >= 0.3 is 0 Å². The van der Waals surface area contributed by atoms with Gasteiger partial charge < -0.3 is 30.5 Å². The Labute approximate surface area is 332 Å². The number of hydrogen-bond acceptors (Lipinski definition) is 11. The van der Waals surface area contributed by atoms with Gasteiger partial charge in [-0.2, -0.15) is 0 Å². The van der Waals surface area contributed by atoms with Crippen molar-refractivity contribution in [2.45, 2.75) is 38.3 Å². The van der Waals surface area contributed by atoms with E-state index in [1.807, 2.05) is 11.0 Å². The van der Waals surface area contributed by atoms with Crippen molar-refractivity contribution in [2.75, 3.05) is 62.3 Å². The molecule has 0 aliphatic carbocycles. The lowest BCUT2D eigenvalue weighted by molar-refractivity contribution is -0.137. The Balaban J connectivity index is 0.851. The monoisotopic (exact) mass is 797 g/mol. The van der Waals surface area contributed by atoms with Crippen molar-refractivity contribution < 1.29 is 33.1 Å². The zero-order valence-electron chi connectivity index (χ0n) is 31.1. The summed E-state index contributed by atoms with van der Waals surface area (Å²) in [5.74, 6) is -0.982. The fraction of sp³-hybridized carbons (Fsp3) is 0.325. The molecule has 4 N–H and O–H groups in total. The van der Waals surface area contributed by atoms with Crippen molar-refractivity contribution in [3.63, 3.8) is 0 Å². The van der Waals surface area contributed by atoms with Crippen molar-refractivity contribution in [2.24, 2.45) is 0 Å². The molecule has 17 heteroatoms. The van der Waals surface area contributed by atoms with E-state index < -0.39 is 17.8 Å². The molecule has 3 aliphatic heterocycles. The van der Waals surface area contributed by atoms with Crippen molar-refractivity contribution in [1.29, 1.82) is 0 Å². The maximum absolute atomic E-state index is 13.7. The van der Waals surface area contributed by atoms with Crippen LogP contribution in [0.3, 0.4) is 0 Å². The van der Waals surface area contributed by atoms with E-state index in [0.29, 0.717) is 97.9 Å². The molecule has 7 rings (SSSR count). The Morgan fingerprint density at radius 3 is 2.65 bits per heavy atom. The van der Waals surface area contributed by atoms with Gasteiger partial charge in [-0.25, -0.2) is 14.4 Å². The number of piperidine rings is 1. The van der Waals surface area contributed by atoms with E-state index in [1.54, 1.807) is 30.3 Å². The van der Waals surface area contributed by atoms with Gasteiger partial charge in [-0.3, -0.25) is 34.2 Å². The molecule has 0 bridgehead atoms. The molecule has 4 aromatic rings. The number of carbonyl (C=O) groups is 5. The van der Waals surface area contributed by atoms with Gasteiger partial charge in [-0.15, -0.1) is 0 Å². The molecule has 1 unspecified atom stereocenters. The van der Waals surface area contributed by atoms with Gasteiger partial charge in [0.05, 0.1) is 23.3 Å². The third-order valence-corrected chi connectivity index (χ3v) is 10.5. The molecule has 1 atom stereocenters. The van der Waals surface area contributed by atoms with E-state index in [-0.39, 0.29) is 41.6 Å². The van der Waals surface area contributed by atoms with Crippen LogP contribution < -0.4 is 26.0 Å². The van der Waals surface area contributed by atoms with Gasteiger partial charge in [0.1, 0.15) is 29.8 Å². The largest absolute Gasteiger partial charge is 0.494 e. The normalized spacial score (nSPS) is 17.2. The van der Waals surface area contributed by atoms with Crippen molar-refractivity contribution >= 4 is 74.9 Å². The van der Waals surface area contributed by atoms with Crippen molar-refractivity contribution in [1.82, 2.24) is 30.0 Å². The fourth-order valence-electron chi connectivity index (χ4n) is 7.20. The third kappa shape index (κ3) is 8.97. The fourth-order valence-corrected chi connectivity index (χ4v) is 7.38. The zero-order valence-corrected chi connectivity index (χ0v) is 31.9. The summed E-state index contributed by atoms with van der Waals surface area (Å²) >= 11 is 5.95. The highest BCUT2D eigenvalue weighted by Crippen LogP contribution is 2.34. The molecular weight excluding hydrogens is 757 g/mol. The number of halogens is 2. The summed E-state index contributed by atoms with van der Waals surface area (Å²) in [6, 6.07) is 12.4. The highest BCUT2D eigenvalue weighted by atomic mass is 35.5. The number of carbonyl (C=O) groups excluding carboxylic acids is 5. The maximum Gasteiger partial charge on any atom is 0.255 e. The first-order valence-corrected chi connectivity index (χ1v) is 19.0. The number of fused-ring (bicyclic) bond motifs is 2. The number of piperazine rings is 1. The van der Waals surface area contributed by atoms with E-state index >= 15 is 0 Å². The number of rotatable bonds is 13. The summed E-state index contributed by atoms with van der Waals surface area (Å²) in [5.41, 5.74) is 3.64. The standard InChI is InChI=1S/C40H41ClFN9O6/c1-57-34-21-31-26(38(45-23-44-31)46-24-9-10-29(42)28(41)19-24)20-32(34)47-35(52)7-4-14-49-15-17-50(18-16-49)37(54)8-3-13-43-30-6-2-5-25-27(30)22-51(40(25)56)33-11-12-36(53)48-39(33)55/h2,4-7,9-10,19-21,23,33,43H,3,8,11-18,22H2,1H3,(H,47,52)(H,44,45,46)(H,48,53,55)/b7-4+. The number of anilines is 4. The van der Waals surface area contributed by atoms with Crippen molar-refractivity contribution in [3.8, 4) is 5.75 Å². The molecule has 1 aromatic heterocycles. The zero-order chi connectivity index (χ0) is 40.1. The maximum atomic E-state index is 13.7. The summed E-state index contributed by atoms with van der Waals surface area (Å²) in [4.78, 5) is 77.3. The van der Waals surface area contributed by atoms with Gasteiger partial charge in [-0.05, 0) is 49.2 Å². The van der Waals surface area contributed by atoms with Crippen LogP contribution in [0.4, 0.5) is 27.3 Å². The lowest BCUT2D eigenvalue weighted by Gasteiger charge is -2.34. The van der Waals surface area contributed by atoms with Gasteiger partial charge in [0.15, 0.2) is 0 Å². The molecule has 15 nitrogen and oxygen atoms in total. The van der Waals surface area contributed by atoms with Crippen LogP contribution in [0.2, 0.25) is 5.02 Å². The van der Waals surface area contributed by atoms with Gasteiger partial charge in [-0.1, -0.05) is 23.7 Å². The Morgan fingerprint density at radius 2 is 1.88 bits per heavy atom. The van der Waals surface area contributed by atoms with E-state index in [1.165, 1.54) is 42.6 Å². The molecule has 5 amide bonds. The number of methoxy groups -OCH3 is 1. The number of ether oxygens (including phenoxy) is 1. The summed E-state index contributed by atoms with van der Waals surface area (Å²) in [6.07, 6.45) is 6.08. The van der Waals surface area contributed by atoms with E-state index in [4.69, 9.17) is 16.3 Å². The van der Waals surface area contributed by atoms with Gasteiger partial charge in [0.25, 0.3) is 5.91 Å². The van der Waals surface area contributed by atoms with Crippen LogP contribution in [-0.4, -0.2) is 107 Å². The summed E-state index contributed by atoms with van der Waals surface area (Å²) in [6.45, 7) is 3.82. The van der Waals surface area contributed by atoms with Crippen LogP contribution in [0.5, 0.6) is 5.75 Å². The second kappa shape index (κ2) is 17.3. The topological polar surface area (TPSA) is 178 Å². The van der Waals surface area contributed by atoms with Crippen LogP contribution in [0.15, 0.2) is 67.0 Å². The molecular formula is C40H41ClFN9O6. The highest BCUT2D eigenvalue weighted by Gasteiger charge is 2.39. The Kier molecular flexibility index (Phi) is 11.9. The molecule has 2 fully saturated rings. The first-order chi connectivity index (χ1) is 27.6. The number of amides is 5. The van der Waals surface area contributed by atoms with Crippen LogP contribution in [0.1, 0.15) is 41.6 Å². The van der Waals surface area contributed by atoms with E-state index in [9.17, 15) is 28.4 Å². The molecule has 0 spiro atoms. The molecule has 0 saturated carbocycles. The van der Waals surface area contributed by atoms with Crippen LogP contribution in [0.25, 0.3) is 10.9 Å². The summed E-state index contributed by atoms with van der Waals surface area (Å²) in [5, 5.41) is 12.2. The lowest BCUT2D eigenvalue weighted by atomic mass is 10.0. The van der Waals surface area contributed by atoms with Crippen LogP contribution >= 0.6 is 11.6 Å². The van der Waals surface area contributed by atoms with Gasteiger partial charge in [0.2, 0.25) is 23.6 Å². The lowest BCUT2D eigenvalue weighted by Crippen LogP contribution is -2.52. The first-order valence-electron chi connectivity index (χ1n) is 18.6. The third-order valence-electron chi connectivity index (χ3n) is 10.2. The Hall–Kier alpha value is -6.13. The quantitative estimate of drug-likeness (QED) is 0.0853. The number of hydrogen-bond donors (Lipinski definition) is 4. The number of nitrogens with one attached hydrogen (secondary N) is 4. The predicted octanol–water partition coefficient (Wildman–Crippen LogP) is 4.47. The van der Waals surface area contributed by atoms with E-state index in [2.05, 4.69) is 36.1 Å². The molecule has 4 heterocycles. The number of imide groups is 1. The summed E-state index contributed by atoms with van der Waals surface area (Å²) in [7, 11) is 1.50. The average Bonchev–Trinajstić information content (AvgIpc) is 3.54. The minimum atomic E-state index is -0.678.